The fourth-order valence-corrected chi connectivity index (χ4v) is 6.44. The van der Waals surface area contributed by atoms with Gasteiger partial charge in [-0.15, -0.1) is 24.5 Å². The molecule has 0 saturated heterocycles. The maximum absolute atomic E-state index is 13.2. The largest absolute Gasteiger partial charge is 0.573 e. The normalized spacial score (nSPS) is 12.4. The minimum absolute atomic E-state index is 0.244. The Morgan fingerprint density at radius 2 is 1.60 bits per heavy atom. The molecule has 1 heterocycles. The number of rotatable bonds is 9. The third kappa shape index (κ3) is 8.28. The van der Waals surface area contributed by atoms with Gasteiger partial charge in [-0.3, -0.25) is 9.52 Å². The van der Waals surface area contributed by atoms with Gasteiger partial charge in [0.1, 0.15) is 11.5 Å². The quantitative estimate of drug-likeness (QED) is 0.170. The number of carbonyl (C=O) groups excluding carboxylic acids is 1. The molecule has 3 aromatic carbocycles. The molecule has 224 valence electrons. The lowest BCUT2D eigenvalue weighted by molar-refractivity contribution is -0.274. The number of fused-ring (bicyclic) bond motifs is 1. The van der Waals surface area contributed by atoms with Gasteiger partial charge in [-0.1, -0.05) is 13.8 Å². The molecular formula is C29H28F3IN2O5S2. The highest BCUT2D eigenvalue weighted by Gasteiger charge is 2.33. The highest BCUT2D eigenvalue weighted by molar-refractivity contribution is 14.1. The zero-order valence-electron chi connectivity index (χ0n) is 23.2. The molecule has 0 aliphatic rings. The highest BCUT2D eigenvalue weighted by Crippen LogP contribution is 2.39. The molecule has 0 radical (unpaired) electrons. The van der Waals surface area contributed by atoms with Crippen LogP contribution >= 0.6 is 33.9 Å². The van der Waals surface area contributed by atoms with Gasteiger partial charge in [0.2, 0.25) is 10.0 Å². The first kappa shape index (κ1) is 31.9. The van der Waals surface area contributed by atoms with Crippen LogP contribution in [0.5, 0.6) is 11.5 Å². The number of amides is 1. The van der Waals surface area contributed by atoms with Crippen molar-refractivity contribution in [2.24, 2.45) is 0 Å². The Balaban J connectivity index is 1.64. The molecule has 4 aromatic rings. The van der Waals surface area contributed by atoms with E-state index < -0.39 is 21.8 Å². The predicted octanol–water partition coefficient (Wildman–Crippen LogP) is 8.14. The van der Waals surface area contributed by atoms with E-state index in [1.807, 2.05) is 19.9 Å². The number of anilines is 2. The van der Waals surface area contributed by atoms with Gasteiger partial charge >= 0.3 is 6.36 Å². The molecule has 4 rings (SSSR count). The average molecular weight is 733 g/mol. The van der Waals surface area contributed by atoms with Crippen LogP contribution in [0.2, 0.25) is 0 Å². The summed E-state index contributed by atoms with van der Waals surface area (Å²) in [5.41, 5.74) is 1.37. The molecule has 7 nitrogen and oxygen atoms in total. The first-order valence-corrected chi connectivity index (χ1v) is 16.4. The van der Waals surface area contributed by atoms with Crippen LogP contribution in [0.4, 0.5) is 24.5 Å². The van der Waals surface area contributed by atoms with Gasteiger partial charge in [0.05, 0.1) is 17.2 Å². The van der Waals surface area contributed by atoms with Gasteiger partial charge in [0.25, 0.3) is 5.91 Å². The van der Waals surface area contributed by atoms with E-state index in [4.69, 9.17) is 4.74 Å². The lowest BCUT2D eigenvalue weighted by atomic mass is 9.78. The number of hydrogen-bond donors (Lipinski definition) is 2. The molecular weight excluding hydrogens is 704 g/mol. The number of alkyl halides is 3. The molecule has 0 atom stereocenters. The average Bonchev–Trinajstić information content (AvgIpc) is 3.24. The molecule has 1 amide bonds. The summed E-state index contributed by atoms with van der Waals surface area (Å²) in [6.45, 7) is 7.28. The van der Waals surface area contributed by atoms with Gasteiger partial charge in [0, 0.05) is 31.1 Å². The smallest absolute Gasteiger partial charge is 0.491 e. The Morgan fingerprint density at radius 3 is 2.24 bits per heavy atom. The second-order valence-electron chi connectivity index (χ2n) is 10.5. The summed E-state index contributed by atoms with van der Waals surface area (Å²) in [5.74, 6) is -0.496. The Bertz CT molecular complexity index is 1750. The summed E-state index contributed by atoms with van der Waals surface area (Å²) in [4.78, 5) is 13.6. The molecule has 0 saturated carbocycles. The van der Waals surface area contributed by atoms with E-state index in [0.29, 0.717) is 27.2 Å². The van der Waals surface area contributed by atoms with Crippen molar-refractivity contribution in [3.63, 3.8) is 0 Å². The third-order valence-electron chi connectivity index (χ3n) is 6.13. The monoisotopic (exact) mass is 732 g/mol. The van der Waals surface area contributed by atoms with Crippen molar-refractivity contribution in [1.82, 2.24) is 0 Å². The number of ether oxygens (including phenoxy) is 2. The SMILES string of the molecule is CC(C)Oc1cc(OC(F)(F)F)cc(C(C)(C)c2cc(I)cc(NC(=O)c3cc4cc(NS(C)(=O)=O)ccc4s3)c2)c1. The Labute approximate surface area is 259 Å². The number of halogens is 4. The van der Waals surface area contributed by atoms with Crippen LogP contribution in [0.3, 0.4) is 0 Å². The molecule has 0 fully saturated rings. The van der Waals surface area contributed by atoms with Crippen LogP contribution in [0.1, 0.15) is 48.5 Å². The standard InChI is InChI=1S/C29H28F3IN2O5S2/c1-16(2)39-23-12-19(13-24(15-23)40-29(30,31)32)28(3,4)18-10-20(33)14-22(11-18)34-27(36)26-9-17-8-21(35-42(5,37)38)6-7-25(17)41-26/h6-16,35H,1-5H3,(H,34,36). The minimum Gasteiger partial charge on any atom is -0.491 e. The summed E-state index contributed by atoms with van der Waals surface area (Å²) in [7, 11) is -3.45. The van der Waals surface area contributed by atoms with Crippen LogP contribution in [0.15, 0.2) is 60.7 Å². The summed E-state index contributed by atoms with van der Waals surface area (Å²) < 4.78 is 76.3. The number of nitrogens with one attached hydrogen (secondary N) is 2. The summed E-state index contributed by atoms with van der Waals surface area (Å²) in [5, 5.41) is 3.63. The van der Waals surface area contributed by atoms with E-state index in [1.165, 1.54) is 23.5 Å². The van der Waals surface area contributed by atoms with E-state index in [0.717, 1.165) is 20.1 Å². The van der Waals surface area contributed by atoms with E-state index >= 15 is 0 Å². The number of sulfonamides is 1. The lowest BCUT2D eigenvalue weighted by Gasteiger charge is -2.28. The van der Waals surface area contributed by atoms with Crippen LogP contribution in [0.25, 0.3) is 10.1 Å². The fraction of sp³-hybridized carbons (Fsp3) is 0.276. The third-order valence-corrected chi connectivity index (χ3v) is 8.47. The maximum Gasteiger partial charge on any atom is 0.573 e. The molecule has 0 aliphatic carbocycles. The van der Waals surface area contributed by atoms with Crippen LogP contribution in [-0.2, 0) is 15.4 Å². The van der Waals surface area contributed by atoms with Crippen molar-refractivity contribution in [3.05, 3.63) is 80.2 Å². The van der Waals surface area contributed by atoms with E-state index in [2.05, 4.69) is 37.4 Å². The highest BCUT2D eigenvalue weighted by atomic mass is 127. The number of thiophene rings is 1. The molecule has 13 heteroatoms. The zero-order valence-corrected chi connectivity index (χ0v) is 27.0. The van der Waals surface area contributed by atoms with E-state index in [9.17, 15) is 26.4 Å². The van der Waals surface area contributed by atoms with Gasteiger partial charge in [-0.05, 0) is 108 Å². The Kier molecular flexibility index (Phi) is 9.05. The fourth-order valence-electron chi connectivity index (χ4n) is 4.28. The molecule has 42 heavy (non-hydrogen) atoms. The van der Waals surface area contributed by atoms with Crippen molar-refractivity contribution in [2.75, 3.05) is 16.3 Å². The van der Waals surface area contributed by atoms with Crippen molar-refractivity contribution < 1.29 is 35.9 Å². The summed E-state index contributed by atoms with van der Waals surface area (Å²) in [6, 6.07) is 16.4. The minimum atomic E-state index is -4.87. The number of hydrogen-bond acceptors (Lipinski definition) is 6. The van der Waals surface area contributed by atoms with Gasteiger partial charge < -0.3 is 14.8 Å². The molecule has 2 N–H and O–H groups in total. The van der Waals surface area contributed by atoms with Crippen molar-refractivity contribution in [2.45, 2.75) is 45.6 Å². The van der Waals surface area contributed by atoms with E-state index in [1.54, 1.807) is 56.3 Å². The first-order valence-electron chi connectivity index (χ1n) is 12.6. The number of benzene rings is 3. The van der Waals surface area contributed by atoms with Crippen molar-refractivity contribution >= 4 is 71.3 Å². The predicted molar refractivity (Wildman–Crippen MR) is 168 cm³/mol. The molecule has 0 bridgehead atoms. The topological polar surface area (TPSA) is 93.7 Å². The lowest BCUT2D eigenvalue weighted by Crippen LogP contribution is -2.22. The van der Waals surface area contributed by atoms with E-state index in [-0.39, 0.29) is 23.5 Å². The van der Waals surface area contributed by atoms with Gasteiger partial charge in [-0.2, -0.15) is 0 Å². The van der Waals surface area contributed by atoms with Gasteiger partial charge in [-0.25, -0.2) is 8.42 Å². The molecule has 0 spiro atoms. The molecule has 0 aliphatic heterocycles. The van der Waals surface area contributed by atoms with Crippen molar-refractivity contribution in [1.29, 1.82) is 0 Å². The number of carbonyl (C=O) groups is 1. The van der Waals surface area contributed by atoms with Gasteiger partial charge in [0.15, 0.2) is 0 Å². The summed E-state index contributed by atoms with van der Waals surface area (Å²) in [6.07, 6.45) is -4.07. The Hall–Kier alpha value is -3.04. The van der Waals surface area contributed by atoms with Crippen LogP contribution in [0, 0.1) is 3.57 Å². The first-order chi connectivity index (χ1) is 19.4. The maximum atomic E-state index is 13.2. The zero-order chi connectivity index (χ0) is 31.0. The second-order valence-corrected chi connectivity index (χ2v) is 14.5. The molecule has 1 aromatic heterocycles. The van der Waals surface area contributed by atoms with Crippen LogP contribution in [-0.4, -0.2) is 33.0 Å². The van der Waals surface area contributed by atoms with Crippen LogP contribution < -0.4 is 19.5 Å². The summed E-state index contributed by atoms with van der Waals surface area (Å²) >= 11 is 3.39. The molecule has 0 unspecified atom stereocenters. The van der Waals surface area contributed by atoms with Crippen molar-refractivity contribution in [3.8, 4) is 11.5 Å². The second kappa shape index (κ2) is 11.9. The Morgan fingerprint density at radius 1 is 0.929 bits per heavy atom.